The van der Waals surface area contributed by atoms with Crippen LogP contribution in [0.2, 0.25) is 0 Å². The van der Waals surface area contributed by atoms with Gasteiger partial charge in [0.1, 0.15) is 0 Å². The first-order chi connectivity index (χ1) is 10.4. The molecule has 3 N–H and O–H groups in total. The molecule has 0 unspecified atom stereocenters. The topological polar surface area (TPSA) is 75.4 Å². The molecule has 0 radical (unpaired) electrons. The van der Waals surface area contributed by atoms with Gasteiger partial charge in [-0.05, 0) is 18.8 Å². The summed E-state index contributed by atoms with van der Waals surface area (Å²) in [5.41, 5.74) is 5.80. The standard InChI is InChI=1S/C16H29N3O2S/c1-12(2)14(17)15(21)18-10-13(20)19-8-9-22-16(11-19)6-4-3-5-7-16/h12,14H,3-11,17H2,1-2H3,(H,18,21)/t14-/m0/s1. The van der Waals surface area contributed by atoms with Crippen LogP contribution in [0.3, 0.4) is 0 Å². The number of nitrogens with one attached hydrogen (secondary N) is 1. The average molecular weight is 327 g/mol. The van der Waals surface area contributed by atoms with E-state index >= 15 is 0 Å². The fourth-order valence-electron chi connectivity index (χ4n) is 3.25. The first-order valence-electron chi connectivity index (χ1n) is 8.38. The van der Waals surface area contributed by atoms with E-state index in [0.717, 1.165) is 18.8 Å². The third-order valence-electron chi connectivity index (χ3n) is 4.80. The molecule has 1 saturated heterocycles. The molecular weight excluding hydrogens is 298 g/mol. The Bertz CT molecular complexity index is 403. The second kappa shape index (κ2) is 7.68. The van der Waals surface area contributed by atoms with Crippen LogP contribution in [0.5, 0.6) is 0 Å². The molecule has 5 nitrogen and oxygen atoms in total. The van der Waals surface area contributed by atoms with Crippen molar-refractivity contribution in [1.29, 1.82) is 0 Å². The SMILES string of the molecule is CC(C)[C@H](N)C(=O)NCC(=O)N1CCSC2(CCCCC2)C1. The van der Waals surface area contributed by atoms with Gasteiger partial charge in [-0.25, -0.2) is 0 Å². The maximum absolute atomic E-state index is 12.4. The average Bonchev–Trinajstić information content (AvgIpc) is 2.52. The lowest BCUT2D eigenvalue weighted by Gasteiger charge is -2.44. The molecule has 1 heterocycles. The van der Waals surface area contributed by atoms with Gasteiger partial charge in [-0.3, -0.25) is 9.59 Å². The Hall–Kier alpha value is -0.750. The van der Waals surface area contributed by atoms with E-state index in [1.54, 1.807) is 0 Å². The minimum atomic E-state index is -0.547. The zero-order valence-corrected chi connectivity index (χ0v) is 14.6. The number of hydrogen-bond acceptors (Lipinski definition) is 4. The van der Waals surface area contributed by atoms with Crippen LogP contribution >= 0.6 is 11.8 Å². The van der Waals surface area contributed by atoms with Gasteiger partial charge >= 0.3 is 0 Å². The van der Waals surface area contributed by atoms with Gasteiger partial charge in [-0.15, -0.1) is 0 Å². The van der Waals surface area contributed by atoms with Gasteiger partial charge in [-0.2, -0.15) is 11.8 Å². The fraction of sp³-hybridized carbons (Fsp3) is 0.875. The van der Waals surface area contributed by atoms with Crippen LogP contribution < -0.4 is 11.1 Å². The molecule has 2 rings (SSSR count). The second-order valence-electron chi connectivity index (χ2n) is 6.90. The van der Waals surface area contributed by atoms with Crippen LogP contribution in [0.1, 0.15) is 46.0 Å². The number of hydrogen-bond donors (Lipinski definition) is 2. The number of nitrogens with two attached hydrogens (primary N) is 1. The highest BCUT2D eigenvalue weighted by molar-refractivity contribution is 8.00. The van der Waals surface area contributed by atoms with Gasteiger partial charge in [-0.1, -0.05) is 33.1 Å². The molecule has 0 aromatic carbocycles. The van der Waals surface area contributed by atoms with Crippen LogP contribution in [0, 0.1) is 5.92 Å². The van der Waals surface area contributed by atoms with Crippen LogP contribution in [-0.2, 0) is 9.59 Å². The summed E-state index contributed by atoms with van der Waals surface area (Å²) < 4.78 is 0.268. The summed E-state index contributed by atoms with van der Waals surface area (Å²) in [6.45, 7) is 5.50. The summed E-state index contributed by atoms with van der Waals surface area (Å²) in [5, 5.41) is 2.69. The Morgan fingerprint density at radius 3 is 2.59 bits per heavy atom. The van der Waals surface area contributed by atoms with Crippen molar-refractivity contribution in [3.8, 4) is 0 Å². The molecule has 22 heavy (non-hydrogen) atoms. The highest BCUT2D eigenvalue weighted by Gasteiger charge is 2.38. The first-order valence-corrected chi connectivity index (χ1v) is 9.37. The van der Waals surface area contributed by atoms with Gasteiger partial charge in [0.05, 0.1) is 12.6 Å². The van der Waals surface area contributed by atoms with Gasteiger partial charge in [0.15, 0.2) is 0 Å². The molecule has 0 aromatic rings. The minimum absolute atomic E-state index is 0.0227. The van der Waals surface area contributed by atoms with Crippen molar-refractivity contribution in [2.24, 2.45) is 11.7 Å². The lowest BCUT2D eigenvalue weighted by molar-refractivity contribution is -0.133. The molecule has 2 fully saturated rings. The number of carbonyl (C=O) groups is 2. The summed E-state index contributed by atoms with van der Waals surface area (Å²) in [7, 11) is 0. The predicted molar refractivity (Wildman–Crippen MR) is 90.7 cm³/mol. The van der Waals surface area contributed by atoms with Crippen molar-refractivity contribution in [1.82, 2.24) is 10.2 Å². The van der Waals surface area contributed by atoms with Crippen molar-refractivity contribution in [3.63, 3.8) is 0 Å². The summed E-state index contributed by atoms with van der Waals surface area (Å²) in [6.07, 6.45) is 6.29. The van der Waals surface area contributed by atoms with E-state index in [0.29, 0.717) is 0 Å². The third kappa shape index (κ3) is 4.38. The molecule has 0 bridgehead atoms. The molecule has 6 heteroatoms. The Morgan fingerprint density at radius 2 is 1.95 bits per heavy atom. The number of carbonyl (C=O) groups excluding carboxylic acids is 2. The quantitative estimate of drug-likeness (QED) is 0.817. The molecule has 0 aromatic heterocycles. The molecule has 2 aliphatic rings. The number of nitrogens with zero attached hydrogens (tertiary/aromatic N) is 1. The fourth-order valence-corrected chi connectivity index (χ4v) is 4.82. The van der Waals surface area contributed by atoms with Gasteiger partial charge in [0.2, 0.25) is 11.8 Å². The van der Waals surface area contributed by atoms with Crippen LogP contribution in [0.15, 0.2) is 0 Å². The Labute approximate surface area is 137 Å². The van der Waals surface area contributed by atoms with Gasteiger partial charge < -0.3 is 16.0 Å². The molecule has 1 aliphatic carbocycles. The van der Waals surface area contributed by atoms with E-state index in [-0.39, 0.29) is 29.0 Å². The zero-order valence-electron chi connectivity index (χ0n) is 13.8. The van der Waals surface area contributed by atoms with E-state index in [1.807, 2.05) is 30.5 Å². The summed E-state index contributed by atoms with van der Waals surface area (Å²) >= 11 is 2.04. The maximum Gasteiger partial charge on any atom is 0.242 e. The monoisotopic (exact) mass is 327 g/mol. The largest absolute Gasteiger partial charge is 0.346 e. The van der Waals surface area contributed by atoms with E-state index in [9.17, 15) is 9.59 Å². The van der Waals surface area contributed by atoms with E-state index in [2.05, 4.69) is 5.32 Å². The van der Waals surface area contributed by atoms with Crippen LogP contribution in [0.25, 0.3) is 0 Å². The lowest BCUT2D eigenvalue weighted by atomic mass is 9.87. The van der Waals surface area contributed by atoms with E-state index in [1.165, 1.54) is 32.1 Å². The van der Waals surface area contributed by atoms with E-state index < -0.39 is 6.04 Å². The lowest BCUT2D eigenvalue weighted by Crippen LogP contribution is -2.53. The summed E-state index contributed by atoms with van der Waals surface area (Å²) in [4.78, 5) is 26.2. The highest BCUT2D eigenvalue weighted by atomic mass is 32.2. The summed E-state index contributed by atoms with van der Waals surface area (Å²) in [6, 6.07) is -0.547. The molecule has 126 valence electrons. The summed E-state index contributed by atoms with van der Waals surface area (Å²) in [5.74, 6) is 0.870. The zero-order chi connectivity index (χ0) is 16.2. The number of amides is 2. The van der Waals surface area contributed by atoms with Gasteiger partial charge in [0, 0.05) is 23.6 Å². The van der Waals surface area contributed by atoms with Crippen LogP contribution in [0.4, 0.5) is 0 Å². The molecule has 2 amide bonds. The first kappa shape index (κ1) is 17.6. The van der Waals surface area contributed by atoms with Gasteiger partial charge in [0.25, 0.3) is 0 Å². The Morgan fingerprint density at radius 1 is 1.27 bits per heavy atom. The molecular formula is C16H29N3O2S. The van der Waals surface area contributed by atoms with E-state index in [4.69, 9.17) is 5.73 Å². The molecule has 1 saturated carbocycles. The second-order valence-corrected chi connectivity index (χ2v) is 8.46. The normalized spacial score (nSPS) is 22.6. The molecule has 1 atom stereocenters. The maximum atomic E-state index is 12.4. The van der Waals surface area contributed by atoms with Crippen LogP contribution in [-0.4, -0.2) is 52.9 Å². The molecule has 1 spiro atoms. The highest BCUT2D eigenvalue weighted by Crippen LogP contribution is 2.42. The Balaban J connectivity index is 1.83. The van der Waals surface area contributed by atoms with Crippen molar-refractivity contribution >= 4 is 23.6 Å². The third-order valence-corrected chi connectivity index (χ3v) is 6.34. The Kier molecular flexibility index (Phi) is 6.15. The minimum Gasteiger partial charge on any atom is -0.346 e. The van der Waals surface area contributed by atoms with Crippen molar-refractivity contribution in [2.45, 2.75) is 56.7 Å². The number of rotatable bonds is 4. The van der Waals surface area contributed by atoms with Crippen molar-refractivity contribution in [3.05, 3.63) is 0 Å². The number of thioether (sulfide) groups is 1. The van der Waals surface area contributed by atoms with Crippen molar-refractivity contribution in [2.75, 3.05) is 25.4 Å². The smallest absolute Gasteiger partial charge is 0.242 e. The predicted octanol–water partition coefficient (Wildman–Crippen LogP) is 1.36. The van der Waals surface area contributed by atoms with Crippen molar-refractivity contribution < 1.29 is 9.59 Å². The molecule has 1 aliphatic heterocycles.